The van der Waals surface area contributed by atoms with Crippen LogP contribution in [0.2, 0.25) is 5.02 Å². The molecule has 0 aromatic heterocycles. The highest BCUT2D eigenvalue weighted by molar-refractivity contribution is 6.30. The van der Waals surface area contributed by atoms with Crippen LogP contribution in [-0.4, -0.2) is 13.1 Å². The maximum absolute atomic E-state index is 6.19. The Morgan fingerprint density at radius 3 is 2.86 bits per heavy atom. The molecule has 0 atom stereocenters. The lowest BCUT2D eigenvalue weighted by molar-refractivity contribution is 0.675. The van der Waals surface area contributed by atoms with Gasteiger partial charge in [0.1, 0.15) is 0 Å². The van der Waals surface area contributed by atoms with Crippen LogP contribution in [0.4, 0.5) is 11.4 Å². The van der Waals surface area contributed by atoms with E-state index in [1.165, 1.54) is 22.5 Å². The van der Waals surface area contributed by atoms with Gasteiger partial charge in [0.05, 0.1) is 0 Å². The summed E-state index contributed by atoms with van der Waals surface area (Å²) in [6.07, 6.45) is 2.25. The highest BCUT2D eigenvalue weighted by atomic mass is 35.5. The summed E-state index contributed by atoms with van der Waals surface area (Å²) < 4.78 is 0. The average Bonchev–Trinajstić information content (AvgIpc) is 2.92. The van der Waals surface area contributed by atoms with E-state index in [4.69, 9.17) is 11.6 Å². The minimum Gasteiger partial charge on any atom is -0.341 e. The van der Waals surface area contributed by atoms with Gasteiger partial charge < -0.3 is 10.2 Å². The number of rotatable bonds is 5. The first-order valence-electron chi connectivity index (χ1n) is 7.64. The molecule has 0 saturated heterocycles. The molecule has 0 radical (unpaired) electrons. The molecule has 1 N–H and O–H groups in total. The van der Waals surface area contributed by atoms with Gasteiger partial charge in [0.15, 0.2) is 0 Å². The number of fused-ring (bicyclic) bond motifs is 1. The molecular formula is C18H21ClN2. The number of anilines is 2. The molecule has 0 unspecified atom stereocenters. The van der Waals surface area contributed by atoms with Crippen molar-refractivity contribution in [3.05, 3.63) is 58.6 Å². The molecule has 0 fully saturated rings. The van der Waals surface area contributed by atoms with E-state index in [9.17, 15) is 0 Å². The summed E-state index contributed by atoms with van der Waals surface area (Å²) in [6.45, 7) is 5.12. The lowest BCUT2D eigenvalue weighted by Crippen LogP contribution is -2.19. The van der Waals surface area contributed by atoms with Crippen LogP contribution in [0.15, 0.2) is 42.5 Å². The van der Waals surface area contributed by atoms with Gasteiger partial charge in [-0.05, 0) is 54.8 Å². The molecule has 0 aliphatic carbocycles. The summed E-state index contributed by atoms with van der Waals surface area (Å²) in [4.78, 5) is 2.41. The highest BCUT2D eigenvalue weighted by Crippen LogP contribution is 2.36. The van der Waals surface area contributed by atoms with Crippen molar-refractivity contribution in [1.29, 1.82) is 0 Å². The summed E-state index contributed by atoms with van der Waals surface area (Å²) in [7, 11) is 0. The SMILES string of the molecule is CCCNCc1cc(Cl)ccc1N1CCc2ccccc21. The van der Waals surface area contributed by atoms with E-state index in [0.717, 1.165) is 37.5 Å². The Bertz CT molecular complexity index is 624. The van der Waals surface area contributed by atoms with E-state index in [1.54, 1.807) is 0 Å². The number of para-hydroxylation sites is 1. The molecule has 0 spiro atoms. The Balaban J connectivity index is 1.92. The Morgan fingerprint density at radius 1 is 1.14 bits per heavy atom. The molecule has 0 bridgehead atoms. The second kappa shape index (κ2) is 6.50. The van der Waals surface area contributed by atoms with Gasteiger partial charge in [0.2, 0.25) is 0 Å². The fraction of sp³-hybridized carbons (Fsp3) is 0.333. The molecular weight excluding hydrogens is 280 g/mol. The van der Waals surface area contributed by atoms with Crippen LogP contribution in [0.5, 0.6) is 0 Å². The summed E-state index contributed by atoms with van der Waals surface area (Å²) in [5, 5.41) is 4.29. The first kappa shape index (κ1) is 14.4. The van der Waals surface area contributed by atoms with Crippen molar-refractivity contribution >= 4 is 23.0 Å². The van der Waals surface area contributed by atoms with E-state index >= 15 is 0 Å². The average molecular weight is 301 g/mol. The van der Waals surface area contributed by atoms with Crippen molar-refractivity contribution in [3.63, 3.8) is 0 Å². The zero-order valence-corrected chi connectivity index (χ0v) is 13.2. The van der Waals surface area contributed by atoms with Gasteiger partial charge in [0, 0.05) is 29.5 Å². The molecule has 3 rings (SSSR count). The largest absolute Gasteiger partial charge is 0.341 e. The van der Waals surface area contributed by atoms with Crippen LogP contribution in [0, 0.1) is 0 Å². The first-order chi connectivity index (χ1) is 10.3. The van der Waals surface area contributed by atoms with Crippen LogP contribution in [0.1, 0.15) is 24.5 Å². The third-order valence-corrected chi connectivity index (χ3v) is 4.20. The molecule has 1 aliphatic heterocycles. The number of hydrogen-bond donors (Lipinski definition) is 1. The van der Waals surface area contributed by atoms with Crippen LogP contribution < -0.4 is 10.2 Å². The third kappa shape index (κ3) is 3.07. The van der Waals surface area contributed by atoms with Gasteiger partial charge in [-0.15, -0.1) is 0 Å². The van der Waals surface area contributed by atoms with Gasteiger partial charge in [-0.3, -0.25) is 0 Å². The van der Waals surface area contributed by atoms with Crippen molar-refractivity contribution < 1.29 is 0 Å². The molecule has 0 saturated carbocycles. The Kier molecular flexibility index (Phi) is 4.47. The number of benzene rings is 2. The standard InChI is InChI=1S/C18H21ClN2/c1-2-10-20-13-15-12-16(19)7-8-18(15)21-11-9-14-5-3-4-6-17(14)21/h3-8,12,20H,2,9-11,13H2,1H3. The van der Waals surface area contributed by atoms with Crippen LogP contribution in [0.25, 0.3) is 0 Å². The predicted octanol–water partition coefficient (Wildman–Crippen LogP) is 4.53. The highest BCUT2D eigenvalue weighted by Gasteiger charge is 2.21. The maximum Gasteiger partial charge on any atom is 0.0457 e. The monoisotopic (exact) mass is 300 g/mol. The molecule has 110 valence electrons. The van der Waals surface area contributed by atoms with Crippen LogP contribution in [0.3, 0.4) is 0 Å². The second-order valence-corrected chi connectivity index (χ2v) is 5.92. The van der Waals surface area contributed by atoms with E-state index in [-0.39, 0.29) is 0 Å². The fourth-order valence-electron chi connectivity index (χ4n) is 2.95. The third-order valence-electron chi connectivity index (χ3n) is 3.96. The van der Waals surface area contributed by atoms with E-state index in [0.29, 0.717) is 0 Å². The van der Waals surface area contributed by atoms with Crippen LogP contribution in [-0.2, 0) is 13.0 Å². The zero-order valence-electron chi connectivity index (χ0n) is 12.4. The molecule has 21 heavy (non-hydrogen) atoms. The Hall–Kier alpha value is -1.51. The minimum absolute atomic E-state index is 0.805. The van der Waals surface area contributed by atoms with E-state index in [2.05, 4.69) is 53.5 Å². The number of halogens is 1. The minimum atomic E-state index is 0.805. The molecule has 1 aliphatic rings. The van der Waals surface area contributed by atoms with E-state index < -0.39 is 0 Å². The Labute approximate surface area is 131 Å². The van der Waals surface area contributed by atoms with Crippen LogP contribution >= 0.6 is 11.6 Å². The topological polar surface area (TPSA) is 15.3 Å². The molecule has 2 aromatic carbocycles. The molecule has 3 heteroatoms. The predicted molar refractivity (Wildman–Crippen MR) is 90.6 cm³/mol. The number of nitrogens with one attached hydrogen (secondary N) is 1. The van der Waals surface area contributed by atoms with Crippen molar-refractivity contribution in [2.45, 2.75) is 26.3 Å². The summed E-state index contributed by atoms with van der Waals surface area (Å²) in [5.74, 6) is 0. The second-order valence-electron chi connectivity index (χ2n) is 5.48. The fourth-order valence-corrected chi connectivity index (χ4v) is 3.14. The van der Waals surface area contributed by atoms with Gasteiger partial charge >= 0.3 is 0 Å². The molecule has 0 amide bonds. The lowest BCUT2D eigenvalue weighted by Gasteiger charge is -2.23. The maximum atomic E-state index is 6.19. The molecule has 2 aromatic rings. The normalized spacial score (nSPS) is 13.5. The summed E-state index contributed by atoms with van der Waals surface area (Å²) in [6, 6.07) is 14.9. The first-order valence-corrected chi connectivity index (χ1v) is 8.02. The lowest BCUT2D eigenvalue weighted by atomic mass is 10.1. The molecule has 1 heterocycles. The van der Waals surface area contributed by atoms with Gasteiger partial charge in [-0.1, -0.05) is 36.7 Å². The van der Waals surface area contributed by atoms with Crippen molar-refractivity contribution in [2.75, 3.05) is 18.0 Å². The smallest absolute Gasteiger partial charge is 0.0457 e. The van der Waals surface area contributed by atoms with Gasteiger partial charge in [0.25, 0.3) is 0 Å². The zero-order chi connectivity index (χ0) is 14.7. The van der Waals surface area contributed by atoms with Gasteiger partial charge in [-0.2, -0.15) is 0 Å². The molecule has 2 nitrogen and oxygen atoms in total. The van der Waals surface area contributed by atoms with Crippen molar-refractivity contribution in [3.8, 4) is 0 Å². The summed E-state index contributed by atoms with van der Waals surface area (Å²) >= 11 is 6.19. The number of nitrogens with zero attached hydrogens (tertiary/aromatic N) is 1. The number of hydrogen-bond acceptors (Lipinski definition) is 2. The summed E-state index contributed by atoms with van der Waals surface area (Å²) in [5.41, 5.74) is 5.30. The van der Waals surface area contributed by atoms with Gasteiger partial charge in [-0.25, -0.2) is 0 Å². The van der Waals surface area contributed by atoms with Crippen molar-refractivity contribution in [2.24, 2.45) is 0 Å². The Morgan fingerprint density at radius 2 is 2.00 bits per heavy atom. The van der Waals surface area contributed by atoms with Crippen molar-refractivity contribution in [1.82, 2.24) is 5.32 Å². The quantitative estimate of drug-likeness (QED) is 0.816. The van der Waals surface area contributed by atoms with E-state index in [1.807, 2.05) is 6.07 Å².